The Labute approximate surface area is 151 Å². The van der Waals surface area contributed by atoms with Gasteiger partial charge in [0.2, 0.25) is 5.76 Å². The van der Waals surface area contributed by atoms with Crippen LogP contribution < -0.4 is 5.32 Å². The molecule has 5 heteroatoms. The van der Waals surface area contributed by atoms with Crippen LogP contribution in [0.1, 0.15) is 17.0 Å². The van der Waals surface area contributed by atoms with Gasteiger partial charge >= 0.3 is 0 Å². The van der Waals surface area contributed by atoms with E-state index < -0.39 is 0 Å². The maximum atomic E-state index is 12.2. The van der Waals surface area contributed by atoms with Crippen molar-refractivity contribution in [2.75, 3.05) is 6.54 Å². The summed E-state index contributed by atoms with van der Waals surface area (Å²) in [6, 6.07) is 21.7. The summed E-state index contributed by atoms with van der Waals surface area (Å²) in [6.07, 6.45) is 2.92. The molecule has 2 heterocycles. The number of fused-ring (bicyclic) bond motifs is 1. The zero-order valence-electron chi connectivity index (χ0n) is 14.3. The molecule has 5 nitrogen and oxygen atoms in total. The molecule has 0 aliphatic rings. The molecule has 4 rings (SSSR count). The topological polar surface area (TPSA) is 60.1 Å². The first-order valence-corrected chi connectivity index (χ1v) is 8.65. The van der Waals surface area contributed by atoms with E-state index >= 15 is 0 Å². The summed E-state index contributed by atoms with van der Waals surface area (Å²) in [5.74, 6) is -0.00712. The van der Waals surface area contributed by atoms with E-state index in [1.165, 1.54) is 10.9 Å². The average Bonchev–Trinajstić information content (AvgIpc) is 3.33. The van der Waals surface area contributed by atoms with Crippen LogP contribution in [-0.4, -0.2) is 22.2 Å². The summed E-state index contributed by atoms with van der Waals surface area (Å²) < 4.78 is 7.37. The van der Waals surface area contributed by atoms with Gasteiger partial charge < -0.3 is 14.4 Å². The average molecular weight is 345 g/mol. The molecule has 0 saturated carbocycles. The number of nitrogens with zero attached hydrogens (tertiary/aromatic N) is 2. The number of hydrogen-bond donors (Lipinski definition) is 1. The minimum absolute atomic E-state index is 0.232. The first kappa shape index (κ1) is 16.1. The van der Waals surface area contributed by atoms with Crippen LogP contribution in [0.4, 0.5) is 0 Å². The number of amides is 1. The highest BCUT2D eigenvalue weighted by Gasteiger charge is 2.13. The van der Waals surface area contributed by atoms with Crippen molar-refractivity contribution >= 4 is 16.8 Å². The number of para-hydroxylation sites is 1. The summed E-state index contributed by atoms with van der Waals surface area (Å²) in [4.78, 5) is 12.2. The molecule has 130 valence electrons. The van der Waals surface area contributed by atoms with Gasteiger partial charge in [-0.15, -0.1) is 0 Å². The van der Waals surface area contributed by atoms with Crippen molar-refractivity contribution in [1.82, 2.24) is 15.0 Å². The van der Waals surface area contributed by atoms with Gasteiger partial charge in [0.1, 0.15) is 5.69 Å². The van der Waals surface area contributed by atoms with E-state index in [0.717, 1.165) is 18.5 Å². The Morgan fingerprint density at radius 1 is 1.04 bits per heavy atom. The maximum Gasteiger partial charge on any atom is 0.289 e. The lowest BCUT2D eigenvalue weighted by atomic mass is 10.1. The fourth-order valence-corrected chi connectivity index (χ4v) is 3.00. The molecule has 0 fully saturated rings. The van der Waals surface area contributed by atoms with Crippen molar-refractivity contribution in [3.8, 4) is 11.3 Å². The van der Waals surface area contributed by atoms with Crippen molar-refractivity contribution in [3.63, 3.8) is 0 Å². The fraction of sp³-hybridized carbons (Fsp3) is 0.143. The lowest BCUT2D eigenvalue weighted by molar-refractivity contribution is 0.0916. The standard InChI is InChI=1S/C21H19N3O2/c25-21(20-15-18(23-26-20)16-7-2-1-3-8-16)22-12-6-13-24-14-11-17-9-4-5-10-19(17)24/h1-5,7-11,14-15H,6,12-13H2,(H,22,25). The molecule has 0 aliphatic carbocycles. The second-order valence-electron chi connectivity index (χ2n) is 6.12. The zero-order chi connectivity index (χ0) is 17.8. The minimum atomic E-state index is -0.239. The lowest BCUT2D eigenvalue weighted by Gasteiger charge is -2.06. The van der Waals surface area contributed by atoms with Gasteiger partial charge in [0.05, 0.1) is 0 Å². The Bertz CT molecular complexity index is 1020. The third-order valence-corrected chi connectivity index (χ3v) is 4.35. The molecule has 1 N–H and O–H groups in total. The molecule has 0 saturated heterocycles. The molecule has 26 heavy (non-hydrogen) atoms. The third-order valence-electron chi connectivity index (χ3n) is 4.35. The molecule has 4 aromatic rings. The Kier molecular flexibility index (Phi) is 4.51. The number of hydrogen-bond acceptors (Lipinski definition) is 3. The number of nitrogens with one attached hydrogen (secondary N) is 1. The number of benzene rings is 2. The monoisotopic (exact) mass is 345 g/mol. The van der Waals surface area contributed by atoms with E-state index in [0.29, 0.717) is 12.2 Å². The Balaban J connectivity index is 1.31. The molecule has 0 spiro atoms. The summed E-state index contributed by atoms with van der Waals surface area (Å²) >= 11 is 0. The first-order valence-electron chi connectivity index (χ1n) is 8.65. The summed E-state index contributed by atoms with van der Waals surface area (Å²) in [5, 5.41) is 8.09. The molecule has 0 radical (unpaired) electrons. The number of aryl methyl sites for hydroxylation is 1. The van der Waals surface area contributed by atoms with Crippen LogP contribution in [0.2, 0.25) is 0 Å². The molecule has 0 aliphatic heterocycles. The van der Waals surface area contributed by atoms with E-state index in [1.54, 1.807) is 6.07 Å². The van der Waals surface area contributed by atoms with Gasteiger partial charge in [-0.2, -0.15) is 0 Å². The zero-order valence-corrected chi connectivity index (χ0v) is 14.3. The van der Waals surface area contributed by atoms with Gasteiger partial charge in [-0.25, -0.2) is 0 Å². The third kappa shape index (κ3) is 3.37. The minimum Gasteiger partial charge on any atom is -0.350 e. The largest absolute Gasteiger partial charge is 0.350 e. The fourth-order valence-electron chi connectivity index (χ4n) is 3.00. The van der Waals surface area contributed by atoms with Crippen LogP contribution >= 0.6 is 0 Å². The number of carbonyl (C=O) groups excluding carboxylic acids is 1. The van der Waals surface area contributed by atoms with Gasteiger partial charge in [0.25, 0.3) is 5.91 Å². The van der Waals surface area contributed by atoms with Crippen LogP contribution in [-0.2, 0) is 6.54 Å². The van der Waals surface area contributed by atoms with E-state index in [-0.39, 0.29) is 11.7 Å². The number of carbonyl (C=O) groups is 1. The molecule has 0 atom stereocenters. The van der Waals surface area contributed by atoms with Gasteiger partial charge in [0, 0.05) is 36.4 Å². The van der Waals surface area contributed by atoms with Crippen LogP contribution in [0, 0.1) is 0 Å². The Hall–Kier alpha value is -3.34. The van der Waals surface area contributed by atoms with E-state index in [2.05, 4.69) is 39.4 Å². The van der Waals surface area contributed by atoms with Crippen LogP contribution in [0.15, 0.2) is 77.4 Å². The second-order valence-corrected chi connectivity index (χ2v) is 6.12. The normalized spacial score (nSPS) is 10.9. The molecular weight excluding hydrogens is 326 g/mol. The quantitative estimate of drug-likeness (QED) is 0.535. The molecule has 2 aromatic carbocycles. The van der Waals surface area contributed by atoms with E-state index in [1.807, 2.05) is 42.5 Å². The second kappa shape index (κ2) is 7.27. The highest BCUT2D eigenvalue weighted by molar-refractivity contribution is 5.92. The van der Waals surface area contributed by atoms with Crippen molar-refractivity contribution in [1.29, 1.82) is 0 Å². The predicted molar refractivity (Wildman–Crippen MR) is 101 cm³/mol. The predicted octanol–water partition coefficient (Wildman–Crippen LogP) is 4.12. The lowest BCUT2D eigenvalue weighted by Crippen LogP contribution is -2.24. The summed E-state index contributed by atoms with van der Waals surface area (Å²) in [7, 11) is 0. The Morgan fingerprint density at radius 3 is 2.73 bits per heavy atom. The molecule has 0 unspecified atom stereocenters. The number of rotatable bonds is 6. The van der Waals surface area contributed by atoms with Gasteiger partial charge in [0.15, 0.2) is 0 Å². The SMILES string of the molecule is O=C(NCCCn1ccc2ccccc21)c1cc(-c2ccccc2)no1. The van der Waals surface area contributed by atoms with Crippen molar-refractivity contribution < 1.29 is 9.32 Å². The van der Waals surface area contributed by atoms with Gasteiger partial charge in [-0.1, -0.05) is 53.7 Å². The molecule has 1 amide bonds. The van der Waals surface area contributed by atoms with E-state index in [9.17, 15) is 4.79 Å². The highest BCUT2D eigenvalue weighted by atomic mass is 16.5. The van der Waals surface area contributed by atoms with E-state index in [4.69, 9.17) is 4.52 Å². The van der Waals surface area contributed by atoms with Crippen LogP contribution in [0.3, 0.4) is 0 Å². The van der Waals surface area contributed by atoms with Crippen molar-refractivity contribution in [2.24, 2.45) is 0 Å². The van der Waals surface area contributed by atoms with Crippen molar-refractivity contribution in [3.05, 3.63) is 78.7 Å². The van der Waals surface area contributed by atoms with Crippen LogP contribution in [0.5, 0.6) is 0 Å². The first-order chi connectivity index (χ1) is 12.8. The molecule has 0 bridgehead atoms. The highest BCUT2D eigenvalue weighted by Crippen LogP contribution is 2.18. The van der Waals surface area contributed by atoms with Crippen molar-refractivity contribution in [2.45, 2.75) is 13.0 Å². The number of aromatic nitrogens is 2. The summed E-state index contributed by atoms with van der Waals surface area (Å²) in [5.41, 5.74) is 2.80. The Morgan fingerprint density at radius 2 is 1.85 bits per heavy atom. The smallest absolute Gasteiger partial charge is 0.289 e. The van der Waals surface area contributed by atoms with Crippen LogP contribution in [0.25, 0.3) is 22.2 Å². The summed E-state index contributed by atoms with van der Waals surface area (Å²) in [6.45, 7) is 1.42. The maximum absolute atomic E-state index is 12.2. The van der Waals surface area contributed by atoms with Gasteiger partial charge in [-0.3, -0.25) is 4.79 Å². The van der Waals surface area contributed by atoms with Gasteiger partial charge in [-0.05, 0) is 23.9 Å². The molecule has 2 aromatic heterocycles. The molecular formula is C21H19N3O2.